The van der Waals surface area contributed by atoms with E-state index in [1.165, 1.54) is 0 Å². The summed E-state index contributed by atoms with van der Waals surface area (Å²) in [5.41, 5.74) is 2.06. The molecule has 0 radical (unpaired) electrons. The fraction of sp³-hybridized carbons (Fsp3) is 0.391. The Morgan fingerprint density at radius 2 is 2.00 bits per heavy atom. The van der Waals surface area contributed by atoms with Crippen molar-refractivity contribution in [2.75, 3.05) is 25.0 Å². The number of aryl methyl sites for hydroxylation is 2. The average molecular weight is 406 g/mol. The molecule has 0 bridgehead atoms. The third kappa shape index (κ3) is 5.30. The molecule has 3 aromatic rings. The lowest BCUT2D eigenvalue weighted by atomic mass is 9.95. The highest BCUT2D eigenvalue weighted by molar-refractivity contribution is 5.91. The summed E-state index contributed by atoms with van der Waals surface area (Å²) < 4.78 is 5.38. The summed E-state index contributed by atoms with van der Waals surface area (Å²) in [6.07, 6.45) is 5.19. The molecule has 0 spiro atoms. The van der Waals surface area contributed by atoms with Crippen LogP contribution >= 0.6 is 0 Å². The van der Waals surface area contributed by atoms with E-state index in [4.69, 9.17) is 4.52 Å². The molecule has 3 heterocycles. The molecular weight excluding hydrogens is 378 g/mol. The number of carbonyl (C=O) groups excluding carboxylic acids is 1. The van der Waals surface area contributed by atoms with E-state index in [0.717, 1.165) is 56.4 Å². The fourth-order valence-corrected chi connectivity index (χ4v) is 3.77. The van der Waals surface area contributed by atoms with Crippen molar-refractivity contribution in [2.45, 2.75) is 32.6 Å². The molecule has 0 aliphatic carbocycles. The van der Waals surface area contributed by atoms with Gasteiger partial charge >= 0.3 is 0 Å². The summed E-state index contributed by atoms with van der Waals surface area (Å²) in [5, 5.41) is 7.02. The Hall–Kier alpha value is -3.06. The first-order chi connectivity index (χ1) is 14.7. The smallest absolute Gasteiger partial charge is 0.228 e. The number of aromatic nitrogens is 3. The Morgan fingerprint density at radius 1 is 1.20 bits per heavy atom. The van der Waals surface area contributed by atoms with Crippen molar-refractivity contribution >= 4 is 11.7 Å². The van der Waals surface area contributed by atoms with Crippen molar-refractivity contribution in [1.29, 1.82) is 0 Å². The van der Waals surface area contributed by atoms with Gasteiger partial charge in [-0.05, 0) is 63.5 Å². The Morgan fingerprint density at radius 3 is 2.77 bits per heavy atom. The minimum atomic E-state index is 0.0490. The number of nitrogens with zero attached hydrogens (tertiary/aromatic N) is 4. The van der Waals surface area contributed by atoms with Crippen LogP contribution in [0.1, 0.15) is 30.7 Å². The van der Waals surface area contributed by atoms with Gasteiger partial charge in [0.05, 0.1) is 0 Å². The SMILES string of the molecule is Cc1ccnc(NC(=O)C2CCN(CCCc3nc(-c4ccccc4)no3)CC2)c1. The number of hydrogen-bond donors (Lipinski definition) is 1. The van der Waals surface area contributed by atoms with Gasteiger partial charge in [0.25, 0.3) is 0 Å². The minimum absolute atomic E-state index is 0.0490. The summed E-state index contributed by atoms with van der Waals surface area (Å²) >= 11 is 0. The molecule has 1 aromatic carbocycles. The fourth-order valence-electron chi connectivity index (χ4n) is 3.77. The van der Waals surface area contributed by atoms with Crippen molar-refractivity contribution < 1.29 is 9.32 Å². The molecule has 1 aliphatic rings. The third-order valence-corrected chi connectivity index (χ3v) is 5.49. The predicted octanol–water partition coefficient (Wildman–Crippen LogP) is 3.72. The van der Waals surface area contributed by atoms with Gasteiger partial charge in [-0.15, -0.1) is 0 Å². The highest BCUT2D eigenvalue weighted by atomic mass is 16.5. The van der Waals surface area contributed by atoms with Gasteiger partial charge in [0.2, 0.25) is 17.6 Å². The van der Waals surface area contributed by atoms with Crippen molar-refractivity contribution in [3.8, 4) is 11.4 Å². The number of pyridine rings is 1. The maximum atomic E-state index is 12.5. The minimum Gasteiger partial charge on any atom is -0.339 e. The molecule has 2 aromatic heterocycles. The first-order valence-electron chi connectivity index (χ1n) is 10.5. The number of hydrogen-bond acceptors (Lipinski definition) is 6. The molecule has 7 heteroatoms. The van der Waals surface area contributed by atoms with Crippen LogP contribution in [0.5, 0.6) is 0 Å². The second kappa shape index (κ2) is 9.63. The lowest BCUT2D eigenvalue weighted by Crippen LogP contribution is -2.38. The van der Waals surface area contributed by atoms with Crippen LogP contribution in [0.25, 0.3) is 11.4 Å². The van der Waals surface area contributed by atoms with E-state index in [2.05, 4.69) is 25.3 Å². The molecule has 1 aliphatic heterocycles. The molecule has 0 atom stereocenters. The number of nitrogens with one attached hydrogen (secondary N) is 1. The molecule has 4 rings (SSSR count). The second-order valence-electron chi connectivity index (χ2n) is 7.80. The maximum Gasteiger partial charge on any atom is 0.228 e. The topological polar surface area (TPSA) is 84.2 Å². The summed E-state index contributed by atoms with van der Waals surface area (Å²) in [6, 6.07) is 13.7. The highest BCUT2D eigenvalue weighted by Gasteiger charge is 2.25. The zero-order chi connectivity index (χ0) is 20.8. The zero-order valence-electron chi connectivity index (χ0n) is 17.3. The van der Waals surface area contributed by atoms with Crippen molar-refractivity contribution in [3.05, 3.63) is 60.1 Å². The van der Waals surface area contributed by atoms with Crippen LogP contribution in [0.15, 0.2) is 53.2 Å². The standard InChI is InChI=1S/C23H27N5O2/c1-17-9-12-24-20(16-17)25-23(29)19-10-14-28(15-11-19)13-5-8-21-26-22(27-30-21)18-6-3-2-4-7-18/h2-4,6-7,9,12,16,19H,5,8,10-11,13-15H2,1H3,(H,24,25,29). The van der Waals surface area contributed by atoms with Crippen LogP contribution < -0.4 is 5.32 Å². The van der Waals surface area contributed by atoms with Gasteiger partial charge in [-0.3, -0.25) is 4.79 Å². The van der Waals surface area contributed by atoms with Crippen LogP contribution in [0.2, 0.25) is 0 Å². The van der Waals surface area contributed by atoms with E-state index >= 15 is 0 Å². The Bertz CT molecular complexity index is 964. The van der Waals surface area contributed by atoms with Crippen molar-refractivity contribution in [2.24, 2.45) is 5.92 Å². The number of likely N-dealkylation sites (tertiary alicyclic amines) is 1. The normalized spacial score (nSPS) is 15.2. The average Bonchev–Trinajstić information content (AvgIpc) is 3.24. The molecule has 1 amide bonds. The summed E-state index contributed by atoms with van der Waals surface area (Å²) in [4.78, 5) is 23.6. The Balaban J connectivity index is 1.18. The van der Waals surface area contributed by atoms with Gasteiger partial charge in [0.1, 0.15) is 5.82 Å². The lowest BCUT2D eigenvalue weighted by molar-refractivity contribution is -0.121. The van der Waals surface area contributed by atoms with E-state index in [1.807, 2.05) is 49.4 Å². The van der Waals surface area contributed by atoms with Crippen LogP contribution in [0.3, 0.4) is 0 Å². The van der Waals surface area contributed by atoms with E-state index in [1.54, 1.807) is 6.20 Å². The zero-order valence-corrected chi connectivity index (χ0v) is 17.3. The number of benzene rings is 1. The maximum absolute atomic E-state index is 12.5. The Kier molecular flexibility index (Phi) is 6.49. The highest BCUT2D eigenvalue weighted by Crippen LogP contribution is 2.20. The van der Waals surface area contributed by atoms with Gasteiger partial charge in [-0.2, -0.15) is 4.98 Å². The summed E-state index contributed by atoms with van der Waals surface area (Å²) in [6.45, 7) is 4.82. The molecule has 0 saturated carbocycles. The van der Waals surface area contributed by atoms with E-state index in [9.17, 15) is 4.79 Å². The van der Waals surface area contributed by atoms with E-state index < -0.39 is 0 Å². The monoisotopic (exact) mass is 405 g/mol. The van der Waals surface area contributed by atoms with E-state index in [-0.39, 0.29) is 11.8 Å². The van der Waals surface area contributed by atoms with E-state index in [0.29, 0.717) is 17.5 Å². The van der Waals surface area contributed by atoms with Crippen LogP contribution in [0, 0.1) is 12.8 Å². The molecule has 7 nitrogen and oxygen atoms in total. The summed E-state index contributed by atoms with van der Waals surface area (Å²) in [5.74, 6) is 2.08. The summed E-state index contributed by atoms with van der Waals surface area (Å²) in [7, 11) is 0. The van der Waals surface area contributed by atoms with Gasteiger partial charge in [0.15, 0.2) is 0 Å². The predicted molar refractivity (Wildman–Crippen MR) is 115 cm³/mol. The first-order valence-corrected chi connectivity index (χ1v) is 10.5. The van der Waals surface area contributed by atoms with Crippen molar-refractivity contribution in [1.82, 2.24) is 20.0 Å². The van der Waals surface area contributed by atoms with Gasteiger partial charge in [-0.25, -0.2) is 4.98 Å². The first kappa shape index (κ1) is 20.2. The molecule has 1 fully saturated rings. The number of rotatable bonds is 7. The molecule has 30 heavy (non-hydrogen) atoms. The number of amides is 1. The lowest BCUT2D eigenvalue weighted by Gasteiger charge is -2.31. The van der Waals surface area contributed by atoms with Gasteiger partial charge in [0, 0.05) is 24.1 Å². The largest absolute Gasteiger partial charge is 0.339 e. The van der Waals surface area contributed by atoms with Gasteiger partial charge in [-0.1, -0.05) is 35.5 Å². The van der Waals surface area contributed by atoms with Crippen LogP contribution in [0.4, 0.5) is 5.82 Å². The number of carbonyl (C=O) groups is 1. The number of anilines is 1. The Labute approximate surface area is 176 Å². The van der Waals surface area contributed by atoms with Crippen LogP contribution in [-0.4, -0.2) is 45.6 Å². The molecule has 1 N–H and O–H groups in total. The van der Waals surface area contributed by atoms with Gasteiger partial charge < -0.3 is 14.7 Å². The molecule has 0 unspecified atom stereocenters. The molecular formula is C23H27N5O2. The van der Waals surface area contributed by atoms with Crippen molar-refractivity contribution in [3.63, 3.8) is 0 Å². The molecule has 156 valence electrons. The second-order valence-corrected chi connectivity index (χ2v) is 7.80. The number of piperidine rings is 1. The molecule has 1 saturated heterocycles. The quantitative estimate of drug-likeness (QED) is 0.645. The van der Waals surface area contributed by atoms with Crippen LogP contribution in [-0.2, 0) is 11.2 Å². The third-order valence-electron chi connectivity index (χ3n) is 5.49.